The summed E-state index contributed by atoms with van der Waals surface area (Å²) in [7, 11) is 3.13. The maximum Gasteiger partial charge on any atom is 0.223 e. The van der Waals surface area contributed by atoms with Crippen LogP contribution in [0.25, 0.3) is 0 Å². The van der Waals surface area contributed by atoms with Gasteiger partial charge < -0.3 is 20.1 Å². The molecule has 0 radical (unpaired) electrons. The molecular weight excluding hydrogens is 220 g/mol. The minimum Gasteiger partial charge on any atom is -0.493 e. The van der Waals surface area contributed by atoms with Crippen molar-refractivity contribution in [1.29, 1.82) is 0 Å². The Hall–Kier alpha value is -1.75. The Morgan fingerprint density at radius 1 is 1.29 bits per heavy atom. The van der Waals surface area contributed by atoms with Gasteiger partial charge in [-0.25, -0.2) is 0 Å². The molecule has 1 aromatic rings. The van der Waals surface area contributed by atoms with Gasteiger partial charge in [0.25, 0.3) is 0 Å². The van der Waals surface area contributed by atoms with Crippen molar-refractivity contribution in [2.24, 2.45) is 5.73 Å². The molecule has 0 aliphatic heterocycles. The predicted molar refractivity (Wildman–Crippen MR) is 66.6 cm³/mol. The summed E-state index contributed by atoms with van der Waals surface area (Å²) in [6.45, 7) is 2.39. The van der Waals surface area contributed by atoms with Crippen molar-refractivity contribution >= 4 is 11.6 Å². The van der Waals surface area contributed by atoms with E-state index in [1.54, 1.807) is 37.3 Å². The smallest absolute Gasteiger partial charge is 0.223 e. The molecule has 5 heteroatoms. The van der Waals surface area contributed by atoms with Crippen molar-refractivity contribution in [3.8, 4) is 11.5 Å². The number of benzene rings is 1. The molecule has 0 fully saturated rings. The topological polar surface area (TPSA) is 64.8 Å². The van der Waals surface area contributed by atoms with Crippen molar-refractivity contribution in [3.05, 3.63) is 18.2 Å². The molecule has 0 saturated carbocycles. The summed E-state index contributed by atoms with van der Waals surface area (Å²) < 4.78 is 10.3. The van der Waals surface area contributed by atoms with Crippen LogP contribution in [-0.2, 0) is 4.79 Å². The second kappa shape index (κ2) is 6.10. The molecule has 0 aliphatic rings. The van der Waals surface area contributed by atoms with Crippen LogP contribution < -0.4 is 20.1 Å². The zero-order valence-electron chi connectivity index (χ0n) is 10.4. The van der Waals surface area contributed by atoms with E-state index in [0.29, 0.717) is 24.6 Å². The fourth-order valence-corrected chi connectivity index (χ4v) is 1.59. The first-order chi connectivity index (χ1) is 8.13. The summed E-state index contributed by atoms with van der Waals surface area (Å²) >= 11 is 0. The van der Waals surface area contributed by atoms with E-state index in [1.165, 1.54) is 6.92 Å². The maximum atomic E-state index is 11.5. The molecule has 0 heterocycles. The molecule has 1 rings (SSSR count). The fourth-order valence-electron chi connectivity index (χ4n) is 1.59. The number of nitrogens with zero attached hydrogens (tertiary/aromatic N) is 1. The average molecular weight is 238 g/mol. The second-order valence-corrected chi connectivity index (χ2v) is 3.50. The molecule has 17 heavy (non-hydrogen) atoms. The standard InChI is InChI=1S/C12H18N2O3/c1-9(15)14(7-6-13)10-4-5-11(16-2)12(8-10)17-3/h4-5,8H,6-7,13H2,1-3H3. The molecule has 2 N–H and O–H groups in total. The van der Waals surface area contributed by atoms with Crippen LogP contribution in [0, 0.1) is 0 Å². The molecule has 0 aliphatic carbocycles. The first-order valence-electron chi connectivity index (χ1n) is 5.34. The molecule has 0 saturated heterocycles. The third kappa shape index (κ3) is 3.10. The normalized spacial score (nSPS) is 9.88. The van der Waals surface area contributed by atoms with Gasteiger partial charge in [0.1, 0.15) is 0 Å². The molecule has 1 aromatic carbocycles. The molecule has 94 valence electrons. The van der Waals surface area contributed by atoms with Crippen LogP contribution in [0.15, 0.2) is 18.2 Å². The highest BCUT2D eigenvalue weighted by Crippen LogP contribution is 2.31. The van der Waals surface area contributed by atoms with Crippen LogP contribution in [0.4, 0.5) is 5.69 Å². The first-order valence-corrected chi connectivity index (χ1v) is 5.34. The van der Waals surface area contributed by atoms with Crippen LogP contribution in [-0.4, -0.2) is 33.2 Å². The van der Waals surface area contributed by atoms with Gasteiger partial charge >= 0.3 is 0 Å². The van der Waals surface area contributed by atoms with E-state index in [-0.39, 0.29) is 5.91 Å². The quantitative estimate of drug-likeness (QED) is 0.831. The van der Waals surface area contributed by atoms with Crippen LogP contribution >= 0.6 is 0 Å². The molecule has 0 spiro atoms. The SMILES string of the molecule is COc1ccc(N(CCN)C(C)=O)cc1OC. The highest BCUT2D eigenvalue weighted by Gasteiger charge is 2.13. The maximum absolute atomic E-state index is 11.5. The van der Waals surface area contributed by atoms with Gasteiger partial charge in [0, 0.05) is 31.8 Å². The summed E-state index contributed by atoms with van der Waals surface area (Å²) in [5.74, 6) is 1.17. The van der Waals surface area contributed by atoms with Crippen molar-refractivity contribution < 1.29 is 14.3 Å². The Bertz CT molecular complexity index is 393. The summed E-state index contributed by atoms with van der Waals surface area (Å²) in [6, 6.07) is 5.33. The van der Waals surface area contributed by atoms with E-state index < -0.39 is 0 Å². The van der Waals surface area contributed by atoms with Crippen LogP contribution in [0.1, 0.15) is 6.92 Å². The first kappa shape index (κ1) is 13.3. The predicted octanol–water partition coefficient (Wildman–Crippen LogP) is 1.02. The third-order valence-electron chi connectivity index (χ3n) is 2.41. The summed E-state index contributed by atoms with van der Waals surface area (Å²) in [5.41, 5.74) is 6.23. The Morgan fingerprint density at radius 3 is 2.41 bits per heavy atom. The minimum absolute atomic E-state index is 0.0531. The van der Waals surface area contributed by atoms with Crippen molar-refractivity contribution in [1.82, 2.24) is 0 Å². The van der Waals surface area contributed by atoms with Crippen molar-refractivity contribution in [2.45, 2.75) is 6.92 Å². The second-order valence-electron chi connectivity index (χ2n) is 3.50. The van der Waals surface area contributed by atoms with Crippen LogP contribution in [0.3, 0.4) is 0 Å². The number of amides is 1. The van der Waals surface area contributed by atoms with Crippen molar-refractivity contribution in [2.75, 3.05) is 32.2 Å². The molecular formula is C12H18N2O3. The van der Waals surface area contributed by atoms with E-state index in [0.717, 1.165) is 5.69 Å². The largest absolute Gasteiger partial charge is 0.493 e. The summed E-state index contributed by atoms with van der Waals surface area (Å²) in [5, 5.41) is 0. The molecule has 0 unspecified atom stereocenters. The molecule has 5 nitrogen and oxygen atoms in total. The van der Waals surface area contributed by atoms with Crippen molar-refractivity contribution in [3.63, 3.8) is 0 Å². The number of methoxy groups -OCH3 is 2. The minimum atomic E-state index is -0.0531. The lowest BCUT2D eigenvalue weighted by Crippen LogP contribution is -2.33. The van der Waals surface area contributed by atoms with Gasteiger partial charge in [-0.1, -0.05) is 0 Å². The van der Waals surface area contributed by atoms with Gasteiger partial charge in [0.05, 0.1) is 14.2 Å². The van der Waals surface area contributed by atoms with Gasteiger partial charge in [0.15, 0.2) is 11.5 Å². The Kier molecular flexibility index (Phi) is 4.78. The number of anilines is 1. The monoisotopic (exact) mass is 238 g/mol. The Labute approximate surface area is 101 Å². The number of carbonyl (C=O) groups is 1. The molecule has 0 atom stereocenters. The Morgan fingerprint density at radius 2 is 1.94 bits per heavy atom. The number of rotatable bonds is 5. The number of hydrogen-bond acceptors (Lipinski definition) is 4. The fraction of sp³-hybridized carbons (Fsp3) is 0.417. The highest BCUT2D eigenvalue weighted by atomic mass is 16.5. The zero-order valence-corrected chi connectivity index (χ0v) is 10.4. The van der Waals surface area contributed by atoms with Gasteiger partial charge in [-0.05, 0) is 12.1 Å². The number of carbonyl (C=O) groups excluding carboxylic acids is 1. The number of ether oxygens (including phenoxy) is 2. The van der Waals surface area contributed by atoms with E-state index in [1.807, 2.05) is 0 Å². The molecule has 0 bridgehead atoms. The lowest BCUT2D eigenvalue weighted by atomic mass is 10.2. The lowest BCUT2D eigenvalue weighted by Gasteiger charge is -2.21. The van der Waals surface area contributed by atoms with Crippen LogP contribution in [0.5, 0.6) is 11.5 Å². The van der Waals surface area contributed by atoms with E-state index >= 15 is 0 Å². The Balaban J connectivity index is 3.08. The van der Waals surface area contributed by atoms with E-state index in [2.05, 4.69) is 0 Å². The number of nitrogens with two attached hydrogens (primary N) is 1. The third-order valence-corrected chi connectivity index (χ3v) is 2.41. The average Bonchev–Trinajstić information content (AvgIpc) is 2.34. The van der Waals surface area contributed by atoms with E-state index in [4.69, 9.17) is 15.2 Å². The van der Waals surface area contributed by atoms with Gasteiger partial charge in [-0.2, -0.15) is 0 Å². The van der Waals surface area contributed by atoms with Gasteiger partial charge in [-0.3, -0.25) is 4.79 Å². The lowest BCUT2D eigenvalue weighted by molar-refractivity contribution is -0.116. The van der Waals surface area contributed by atoms with Gasteiger partial charge in [-0.15, -0.1) is 0 Å². The summed E-state index contributed by atoms with van der Waals surface area (Å²) in [6.07, 6.45) is 0. The van der Waals surface area contributed by atoms with Gasteiger partial charge in [0.2, 0.25) is 5.91 Å². The highest BCUT2D eigenvalue weighted by molar-refractivity contribution is 5.91. The summed E-state index contributed by atoms with van der Waals surface area (Å²) in [4.78, 5) is 13.1. The molecule has 0 aromatic heterocycles. The van der Waals surface area contributed by atoms with E-state index in [9.17, 15) is 4.79 Å². The zero-order chi connectivity index (χ0) is 12.8. The number of hydrogen-bond donors (Lipinski definition) is 1. The molecule has 1 amide bonds. The van der Waals surface area contributed by atoms with Crippen LogP contribution in [0.2, 0.25) is 0 Å².